The smallest absolute Gasteiger partial charge is 0.410 e. The van der Waals surface area contributed by atoms with Crippen LogP contribution in [0.25, 0.3) is 4.85 Å². The molecule has 0 aliphatic carbocycles. The highest BCUT2D eigenvalue weighted by atomic mass is 35.5. The Labute approximate surface area is 152 Å². The molecule has 0 bridgehead atoms. The van der Waals surface area contributed by atoms with Crippen molar-refractivity contribution in [2.75, 3.05) is 26.2 Å². The lowest BCUT2D eigenvalue weighted by Gasteiger charge is -2.35. The van der Waals surface area contributed by atoms with E-state index in [4.69, 9.17) is 22.9 Å². The molecule has 0 aromatic carbocycles. The van der Waals surface area contributed by atoms with Gasteiger partial charge in [0, 0.05) is 38.1 Å². The summed E-state index contributed by atoms with van der Waals surface area (Å²) in [5, 5.41) is 0.220. The van der Waals surface area contributed by atoms with Gasteiger partial charge in [0.2, 0.25) is 0 Å². The molecule has 1 saturated heterocycles. The largest absolute Gasteiger partial charge is 0.444 e. The van der Waals surface area contributed by atoms with Crippen molar-refractivity contribution in [3.05, 3.63) is 33.8 Å². The molecule has 0 saturated carbocycles. The normalized spacial score (nSPS) is 14.9. The summed E-state index contributed by atoms with van der Waals surface area (Å²) in [7, 11) is 0. The average Bonchev–Trinajstić information content (AvgIpc) is 2.52. The highest BCUT2D eigenvalue weighted by molar-refractivity contribution is 6.34. The van der Waals surface area contributed by atoms with Gasteiger partial charge in [-0.2, -0.15) is 0 Å². The molecule has 7 nitrogen and oxygen atoms in total. The third-order valence-corrected chi connectivity index (χ3v) is 3.98. The van der Waals surface area contributed by atoms with Crippen molar-refractivity contribution in [2.24, 2.45) is 0 Å². The summed E-state index contributed by atoms with van der Waals surface area (Å²) < 4.78 is 5.35. The Bertz CT molecular complexity index is 705. The van der Waals surface area contributed by atoms with Crippen molar-refractivity contribution < 1.29 is 14.3 Å². The van der Waals surface area contributed by atoms with Gasteiger partial charge in [0.15, 0.2) is 0 Å². The van der Waals surface area contributed by atoms with Crippen LogP contribution in [0, 0.1) is 13.5 Å². The maximum absolute atomic E-state index is 12.7. The second-order valence-electron chi connectivity index (χ2n) is 6.79. The van der Waals surface area contributed by atoms with Gasteiger partial charge in [-0.3, -0.25) is 4.79 Å². The summed E-state index contributed by atoms with van der Waals surface area (Å²) >= 11 is 6.16. The van der Waals surface area contributed by atoms with Crippen LogP contribution in [0.3, 0.4) is 0 Å². The summed E-state index contributed by atoms with van der Waals surface area (Å²) in [6, 6.07) is 1.39. The molecule has 134 valence electrons. The molecule has 1 aliphatic heterocycles. The van der Waals surface area contributed by atoms with Crippen LogP contribution in [0.2, 0.25) is 5.02 Å². The first kappa shape index (κ1) is 19.0. The summed E-state index contributed by atoms with van der Waals surface area (Å²) in [6.07, 6.45) is -0.378. The van der Waals surface area contributed by atoms with Crippen LogP contribution >= 0.6 is 11.6 Å². The van der Waals surface area contributed by atoms with E-state index in [9.17, 15) is 9.59 Å². The van der Waals surface area contributed by atoms with Crippen molar-refractivity contribution in [1.82, 2.24) is 14.8 Å². The van der Waals surface area contributed by atoms with Gasteiger partial charge >= 0.3 is 6.09 Å². The van der Waals surface area contributed by atoms with Crippen molar-refractivity contribution in [1.29, 1.82) is 0 Å². The van der Waals surface area contributed by atoms with Crippen molar-refractivity contribution >= 4 is 29.4 Å². The fourth-order valence-corrected chi connectivity index (χ4v) is 2.82. The van der Waals surface area contributed by atoms with E-state index in [2.05, 4.69) is 9.83 Å². The number of piperazine rings is 1. The van der Waals surface area contributed by atoms with Crippen LogP contribution in [-0.2, 0) is 4.74 Å². The summed E-state index contributed by atoms with van der Waals surface area (Å²) in [6.45, 7) is 15.7. The number of hydrogen-bond acceptors (Lipinski definition) is 4. The van der Waals surface area contributed by atoms with Gasteiger partial charge < -0.3 is 19.4 Å². The fourth-order valence-electron chi connectivity index (χ4n) is 2.51. The van der Waals surface area contributed by atoms with Crippen LogP contribution in [0.4, 0.5) is 10.6 Å². The van der Waals surface area contributed by atoms with Crippen LogP contribution in [0.15, 0.2) is 6.07 Å². The number of amides is 2. The summed E-state index contributed by atoms with van der Waals surface area (Å²) in [4.78, 5) is 35.4. The fraction of sp³-hybridized carbons (Fsp3) is 0.529. The number of aromatic nitrogens is 1. The lowest BCUT2D eigenvalue weighted by Crippen LogP contribution is -2.51. The zero-order chi connectivity index (χ0) is 18.8. The molecule has 0 atom stereocenters. The Hall–Kier alpha value is -2.33. The number of ether oxygens (including phenoxy) is 1. The van der Waals surface area contributed by atoms with Gasteiger partial charge in [0.25, 0.3) is 11.7 Å². The van der Waals surface area contributed by atoms with Gasteiger partial charge in [-0.05, 0) is 26.8 Å². The quantitative estimate of drug-likeness (QED) is 0.717. The van der Waals surface area contributed by atoms with E-state index in [0.29, 0.717) is 37.4 Å². The standard InChI is InChI=1S/C17H21ClN4O3/c1-11-14(12(18)10-13(19-5)20-11)15(23)21-6-8-22(9-7-21)16(24)25-17(2,3)4/h10H,6-9H2,1-4H3. The highest BCUT2D eigenvalue weighted by Gasteiger charge is 2.30. The number of hydrogen-bond donors (Lipinski definition) is 0. The Morgan fingerprint density at radius 3 is 2.28 bits per heavy atom. The van der Waals surface area contributed by atoms with Crippen molar-refractivity contribution in [3.63, 3.8) is 0 Å². The second kappa shape index (κ2) is 7.28. The molecule has 1 aliphatic rings. The lowest BCUT2D eigenvalue weighted by atomic mass is 10.1. The van der Waals surface area contributed by atoms with Gasteiger partial charge in [-0.15, -0.1) is 4.98 Å². The van der Waals surface area contributed by atoms with Crippen molar-refractivity contribution in [3.8, 4) is 0 Å². The Morgan fingerprint density at radius 1 is 1.24 bits per heavy atom. The second-order valence-corrected chi connectivity index (χ2v) is 7.20. The van der Waals surface area contributed by atoms with E-state index >= 15 is 0 Å². The molecule has 0 radical (unpaired) electrons. The molecule has 0 spiro atoms. The summed E-state index contributed by atoms with van der Waals surface area (Å²) in [5.74, 6) is -0.0795. The zero-order valence-corrected chi connectivity index (χ0v) is 15.6. The molecule has 8 heteroatoms. The zero-order valence-electron chi connectivity index (χ0n) is 14.8. The maximum Gasteiger partial charge on any atom is 0.410 e. The van der Waals surface area contributed by atoms with Crippen LogP contribution in [0.5, 0.6) is 0 Å². The Balaban J connectivity index is 2.05. The predicted octanol–water partition coefficient (Wildman–Crippen LogP) is 3.29. The van der Waals surface area contributed by atoms with Gasteiger partial charge in [0.1, 0.15) is 16.9 Å². The van der Waals surface area contributed by atoms with Gasteiger partial charge in [-0.25, -0.2) is 4.79 Å². The van der Waals surface area contributed by atoms with Gasteiger partial charge in [0.05, 0.1) is 0 Å². The minimum absolute atomic E-state index is 0.161. The van der Waals surface area contributed by atoms with Crippen LogP contribution in [-0.4, -0.2) is 58.6 Å². The number of carbonyl (C=O) groups is 2. The molecule has 0 N–H and O–H groups in total. The van der Waals surface area contributed by atoms with E-state index in [-0.39, 0.29) is 22.8 Å². The molecule has 2 rings (SSSR count). The highest BCUT2D eigenvalue weighted by Crippen LogP contribution is 2.25. The van der Waals surface area contributed by atoms with E-state index < -0.39 is 5.60 Å². The Kier molecular flexibility index (Phi) is 5.53. The molecule has 1 aromatic heterocycles. The Morgan fingerprint density at radius 2 is 1.80 bits per heavy atom. The molecular formula is C17H21ClN4O3. The lowest BCUT2D eigenvalue weighted by molar-refractivity contribution is 0.0140. The predicted molar refractivity (Wildman–Crippen MR) is 94.0 cm³/mol. The molecule has 2 amide bonds. The first-order chi connectivity index (χ1) is 11.6. The van der Waals surface area contributed by atoms with E-state index in [1.807, 2.05) is 20.8 Å². The molecular weight excluding hydrogens is 344 g/mol. The summed E-state index contributed by atoms with van der Waals surface area (Å²) in [5.41, 5.74) is 0.184. The molecule has 0 unspecified atom stereocenters. The number of carbonyl (C=O) groups excluding carboxylic acids is 2. The van der Waals surface area contributed by atoms with Gasteiger partial charge in [-0.1, -0.05) is 18.2 Å². The monoisotopic (exact) mass is 364 g/mol. The first-order valence-electron chi connectivity index (χ1n) is 7.94. The van der Waals surface area contributed by atoms with Crippen molar-refractivity contribution in [2.45, 2.75) is 33.3 Å². The van der Waals surface area contributed by atoms with Crippen LogP contribution < -0.4 is 0 Å². The third-order valence-electron chi connectivity index (χ3n) is 3.69. The minimum Gasteiger partial charge on any atom is -0.444 e. The number of rotatable bonds is 1. The number of aryl methyl sites for hydroxylation is 1. The molecule has 1 aromatic rings. The number of pyridine rings is 1. The topological polar surface area (TPSA) is 67.1 Å². The third kappa shape index (κ3) is 4.60. The molecule has 2 heterocycles. The SMILES string of the molecule is [C-]#[N+]c1cc(Cl)c(C(=O)N2CCN(C(=O)OC(C)(C)C)CC2)c(C)n1. The van der Waals surface area contributed by atoms with Crippen LogP contribution in [0.1, 0.15) is 36.8 Å². The molecule has 1 fully saturated rings. The number of halogens is 1. The minimum atomic E-state index is -0.551. The van der Waals surface area contributed by atoms with E-state index in [0.717, 1.165) is 0 Å². The maximum atomic E-state index is 12.7. The average molecular weight is 365 g/mol. The van der Waals surface area contributed by atoms with E-state index in [1.165, 1.54) is 6.07 Å². The number of nitrogens with zero attached hydrogens (tertiary/aromatic N) is 4. The first-order valence-corrected chi connectivity index (χ1v) is 8.32. The molecule has 25 heavy (non-hydrogen) atoms. The van der Waals surface area contributed by atoms with E-state index in [1.54, 1.807) is 16.7 Å².